The highest BCUT2D eigenvalue weighted by molar-refractivity contribution is 5.90. The van der Waals surface area contributed by atoms with Crippen LogP contribution in [0.25, 0.3) is 27.8 Å². The summed E-state index contributed by atoms with van der Waals surface area (Å²) in [6.07, 6.45) is 6.13. The molecule has 4 aromatic rings. The third-order valence-electron chi connectivity index (χ3n) is 5.25. The van der Waals surface area contributed by atoms with Crippen molar-refractivity contribution < 1.29 is 23.7 Å². The van der Waals surface area contributed by atoms with Crippen molar-refractivity contribution in [3.05, 3.63) is 48.4 Å². The van der Waals surface area contributed by atoms with Gasteiger partial charge < -0.3 is 19.3 Å². The fourth-order valence-corrected chi connectivity index (χ4v) is 3.58. The lowest BCUT2D eigenvalue weighted by Gasteiger charge is -2.09. The van der Waals surface area contributed by atoms with Crippen molar-refractivity contribution >= 4 is 10.9 Å². The summed E-state index contributed by atoms with van der Waals surface area (Å²) >= 11 is 0. The Balaban J connectivity index is 1.66. The van der Waals surface area contributed by atoms with E-state index in [-0.39, 0.29) is 12.6 Å². The lowest BCUT2D eigenvalue weighted by Crippen LogP contribution is -2.00. The number of fused-ring (bicyclic) bond motifs is 1. The molecule has 4 rings (SSSR count). The highest BCUT2D eigenvalue weighted by Crippen LogP contribution is 2.35. The van der Waals surface area contributed by atoms with Crippen molar-refractivity contribution in [2.24, 2.45) is 0 Å². The van der Waals surface area contributed by atoms with Gasteiger partial charge in [0, 0.05) is 24.0 Å². The predicted octanol–water partition coefficient (Wildman–Crippen LogP) is 4.64. The smallest absolute Gasteiger partial charge is 0.256 e. The maximum Gasteiger partial charge on any atom is 0.256 e. The van der Waals surface area contributed by atoms with Gasteiger partial charge in [0.2, 0.25) is 11.8 Å². The van der Waals surface area contributed by atoms with E-state index in [0.717, 1.165) is 11.1 Å². The van der Waals surface area contributed by atoms with Crippen molar-refractivity contribution in [2.75, 3.05) is 27.5 Å². The van der Waals surface area contributed by atoms with Crippen LogP contribution in [-0.4, -0.2) is 52.1 Å². The Morgan fingerprint density at radius 2 is 1.91 bits per heavy atom. The van der Waals surface area contributed by atoms with Crippen molar-refractivity contribution in [1.82, 2.24) is 19.5 Å². The number of rotatable bonds is 9. The monoisotopic (exact) mass is 452 g/mol. The first-order valence-corrected chi connectivity index (χ1v) is 10.5. The Hall–Kier alpha value is -3.88. The van der Waals surface area contributed by atoms with E-state index in [0.29, 0.717) is 59.2 Å². The van der Waals surface area contributed by atoms with Gasteiger partial charge in [-0.15, -0.1) is 0 Å². The van der Waals surface area contributed by atoms with Gasteiger partial charge in [-0.1, -0.05) is 0 Å². The standard InChI is InChI=1S/C24H25FN4O4/c1-15-10-18(16-11-20(31-2)23(32-3)27-12-16)28-19-14-29(24(30)22(15)19)17-6-7-21(26-13-17)33-9-5-4-8-25/h6-7,10-14,30H,4-5,8-9H2,1-3H3. The Morgan fingerprint density at radius 3 is 2.61 bits per heavy atom. The number of hydrogen-bond acceptors (Lipinski definition) is 7. The average Bonchev–Trinajstić information content (AvgIpc) is 3.18. The van der Waals surface area contributed by atoms with Crippen LogP contribution in [0, 0.1) is 6.92 Å². The minimum atomic E-state index is -0.353. The van der Waals surface area contributed by atoms with Crippen LogP contribution in [0.1, 0.15) is 18.4 Å². The number of methoxy groups -OCH3 is 2. The topological polar surface area (TPSA) is 91.5 Å². The van der Waals surface area contributed by atoms with E-state index in [4.69, 9.17) is 19.2 Å². The highest BCUT2D eigenvalue weighted by atomic mass is 19.1. The fraction of sp³-hybridized carbons (Fsp3) is 0.292. The summed E-state index contributed by atoms with van der Waals surface area (Å²) in [5.74, 6) is 1.43. The number of alkyl halides is 1. The Morgan fingerprint density at radius 1 is 1.06 bits per heavy atom. The van der Waals surface area contributed by atoms with Crippen molar-refractivity contribution in [3.63, 3.8) is 0 Å². The van der Waals surface area contributed by atoms with Crippen LogP contribution in [0.4, 0.5) is 4.39 Å². The maximum absolute atomic E-state index is 12.2. The summed E-state index contributed by atoms with van der Waals surface area (Å²) in [5.41, 5.74) is 3.61. The van der Waals surface area contributed by atoms with Gasteiger partial charge in [0.25, 0.3) is 5.88 Å². The number of pyridine rings is 3. The molecular formula is C24H25FN4O4. The third kappa shape index (κ3) is 4.52. The van der Waals surface area contributed by atoms with Gasteiger partial charge in [-0.3, -0.25) is 8.96 Å². The Kier molecular flexibility index (Phi) is 6.58. The highest BCUT2D eigenvalue weighted by Gasteiger charge is 2.17. The quantitative estimate of drug-likeness (QED) is 0.370. The maximum atomic E-state index is 12.2. The van der Waals surface area contributed by atoms with Gasteiger partial charge in [0.1, 0.15) is 0 Å². The van der Waals surface area contributed by atoms with Crippen LogP contribution in [0.5, 0.6) is 23.4 Å². The number of unbranched alkanes of at least 4 members (excludes halogenated alkanes) is 1. The molecule has 0 aliphatic carbocycles. The zero-order valence-corrected chi connectivity index (χ0v) is 18.7. The van der Waals surface area contributed by atoms with Gasteiger partial charge >= 0.3 is 0 Å². The molecule has 8 nitrogen and oxygen atoms in total. The van der Waals surface area contributed by atoms with Crippen molar-refractivity contribution in [1.29, 1.82) is 0 Å². The summed E-state index contributed by atoms with van der Waals surface area (Å²) in [7, 11) is 3.09. The van der Waals surface area contributed by atoms with Gasteiger partial charge in [-0.05, 0) is 43.5 Å². The largest absolute Gasteiger partial charge is 0.494 e. The Bertz CT molecular complexity index is 1260. The van der Waals surface area contributed by atoms with E-state index in [1.165, 1.54) is 7.11 Å². The minimum Gasteiger partial charge on any atom is -0.494 e. The van der Waals surface area contributed by atoms with Crippen LogP contribution >= 0.6 is 0 Å². The molecule has 4 heterocycles. The molecule has 0 aliphatic rings. The third-order valence-corrected chi connectivity index (χ3v) is 5.25. The summed E-state index contributed by atoms with van der Waals surface area (Å²) in [4.78, 5) is 13.3. The number of ether oxygens (including phenoxy) is 3. The summed E-state index contributed by atoms with van der Waals surface area (Å²) in [6, 6.07) is 7.22. The molecule has 0 saturated carbocycles. The number of nitrogens with zero attached hydrogens (tertiary/aromatic N) is 4. The molecule has 0 bridgehead atoms. The van der Waals surface area contributed by atoms with Gasteiger partial charge in [0.05, 0.1) is 56.0 Å². The zero-order valence-electron chi connectivity index (χ0n) is 18.7. The summed E-state index contributed by atoms with van der Waals surface area (Å²) in [6.45, 7) is 1.97. The lowest BCUT2D eigenvalue weighted by molar-refractivity contribution is 0.287. The minimum absolute atomic E-state index is 0.0744. The van der Waals surface area contributed by atoms with E-state index in [9.17, 15) is 9.50 Å². The molecule has 0 atom stereocenters. The van der Waals surface area contributed by atoms with E-state index in [1.54, 1.807) is 42.4 Å². The second-order valence-electron chi connectivity index (χ2n) is 7.44. The fourth-order valence-electron chi connectivity index (χ4n) is 3.58. The number of aromatic nitrogens is 4. The molecule has 0 radical (unpaired) electrons. The predicted molar refractivity (Wildman–Crippen MR) is 122 cm³/mol. The molecule has 0 aromatic carbocycles. The molecular weight excluding hydrogens is 427 g/mol. The first-order chi connectivity index (χ1) is 16.0. The van der Waals surface area contributed by atoms with Gasteiger partial charge in [-0.25, -0.2) is 15.0 Å². The van der Waals surface area contributed by atoms with Gasteiger partial charge in [-0.2, -0.15) is 0 Å². The normalized spacial score (nSPS) is 11.0. The van der Waals surface area contributed by atoms with Crippen molar-refractivity contribution in [3.8, 4) is 40.3 Å². The molecule has 0 unspecified atom stereocenters. The first-order valence-electron chi connectivity index (χ1n) is 10.5. The molecule has 0 spiro atoms. The molecule has 9 heteroatoms. The summed E-state index contributed by atoms with van der Waals surface area (Å²) in [5, 5.41) is 11.5. The van der Waals surface area contributed by atoms with E-state index >= 15 is 0 Å². The molecule has 1 N–H and O–H groups in total. The molecule has 4 aromatic heterocycles. The first kappa shape index (κ1) is 22.3. The number of aryl methyl sites for hydroxylation is 1. The molecule has 0 saturated heterocycles. The van der Waals surface area contributed by atoms with Gasteiger partial charge in [0.15, 0.2) is 5.75 Å². The van der Waals surface area contributed by atoms with Crippen LogP contribution in [0.3, 0.4) is 0 Å². The van der Waals surface area contributed by atoms with Crippen LogP contribution in [0.2, 0.25) is 0 Å². The zero-order chi connectivity index (χ0) is 23.4. The van der Waals surface area contributed by atoms with E-state index in [1.807, 2.05) is 19.1 Å². The van der Waals surface area contributed by atoms with Crippen LogP contribution in [0.15, 0.2) is 42.9 Å². The molecule has 0 fully saturated rings. The molecule has 33 heavy (non-hydrogen) atoms. The number of aromatic hydroxyl groups is 1. The number of hydrogen-bond donors (Lipinski definition) is 1. The molecule has 0 aliphatic heterocycles. The lowest BCUT2D eigenvalue weighted by atomic mass is 10.1. The van der Waals surface area contributed by atoms with Crippen LogP contribution < -0.4 is 14.2 Å². The second-order valence-corrected chi connectivity index (χ2v) is 7.44. The van der Waals surface area contributed by atoms with E-state index < -0.39 is 0 Å². The summed E-state index contributed by atoms with van der Waals surface area (Å²) < 4.78 is 29.9. The molecule has 172 valence electrons. The Labute approximate surface area is 190 Å². The number of halogens is 1. The van der Waals surface area contributed by atoms with Crippen LogP contribution in [-0.2, 0) is 0 Å². The molecule has 0 amide bonds. The second kappa shape index (κ2) is 9.72. The SMILES string of the molecule is COc1cc(-c2cc(C)c3c(O)n(-c4ccc(OCCCCF)nc4)cc3n2)cnc1OC. The average molecular weight is 452 g/mol. The van der Waals surface area contributed by atoms with E-state index in [2.05, 4.69) is 9.97 Å². The van der Waals surface area contributed by atoms with Crippen molar-refractivity contribution in [2.45, 2.75) is 19.8 Å².